The lowest BCUT2D eigenvalue weighted by molar-refractivity contribution is 0.0995. The molecule has 102 valence electrons. The van der Waals surface area contributed by atoms with Gasteiger partial charge in [0.1, 0.15) is 0 Å². The fraction of sp³-hybridized carbons (Fsp3) is 0.385. The molecule has 1 unspecified atom stereocenters. The van der Waals surface area contributed by atoms with Gasteiger partial charge in [0, 0.05) is 16.7 Å². The number of nitrogens with zero attached hydrogens (tertiary/aromatic N) is 2. The summed E-state index contributed by atoms with van der Waals surface area (Å²) in [6.07, 6.45) is 3.32. The monoisotopic (exact) mass is 404 g/mol. The molecule has 19 heavy (non-hydrogen) atoms. The molecule has 0 aromatic carbocycles. The van der Waals surface area contributed by atoms with Crippen LogP contribution in [0, 0.1) is 0 Å². The summed E-state index contributed by atoms with van der Waals surface area (Å²) in [7, 11) is 0. The first-order chi connectivity index (χ1) is 9.01. The Morgan fingerprint density at radius 2 is 2.26 bits per heavy atom. The number of thiophene rings is 1. The van der Waals surface area contributed by atoms with Gasteiger partial charge in [0.05, 0.1) is 20.8 Å². The van der Waals surface area contributed by atoms with Crippen molar-refractivity contribution in [2.75, 3.05) is 0 Å². The number of hydrogen-bond acceptors (Lipinski definition) is 3. The molecule has 0 spiro atoms. The molecule has 0 amide bonds. The van der Waals surface area contributed by atoms with E-state index in [1.807, 2.05) is 23.0 Å². The Labute approximate surface area is 133 Å². The van der Waals surface area contributed by atoms with Crippen LogP contribution in [0.3, 0.4) is 0 Å². The van der Waals surface area contributed by atoms with E-state index in [1.54, 1.807) is 0 Å². The molecule has 2 aromatic rings. The maximum atomic E-state index is 12.1. The Morgan fingerprint density at radius 1 is 1.53 bits per heavy atom. The van der Waals surface area contributed by atoms with Gasteiger partial charge >= 0.3 is 0 Å². The number of hydrogen-bond donors (Lipinski definition) is 0. The lowest BCUT2D eigenvalue weighted by Crippen LogP contribution is -2.07. The van der Waals surface area contributed by atoms with Gasteiger partial charge in [-0.05, 0) is 57.3 Å². The second-order valence-corrected chi connectivity index (χ2v) is 7.60. The second kappa shape index (κ2) is 6.33. The Balaban J connectivity index is 2.08. The van der Waals surface area contributed by atoms with Gasteiger partial charge in [-0.25, -0.2) is 0 Å². The lowest BCUT2D eigenvalue weighted by atomic mass is 10.2. The molecule has 6 heteroatoms. The van der Waals surface area contributed by atoms with Crippen molar-refractivity contribution in [3.8, 4) is 0 Å². The van der Waals surface area contributed by atoms with Gasteiger partial charge in [-0.1, -0.05) is 6.92 Å². The molecule has 0 bridgehead atoms. The molecule has 0 radical (unpaired) electrons. The van der Waals surface area contributed by atoms with Crippen LogP contribution in [0.5, 0.6) is 0 Å². The van der Waals surface area contributed by atoms with Gasteiger partial charge in [-0.3, -0.25) is 9.48 Å². The highest BCUT2D eigenvalue weighted by molar-refractivity contribution is 9.13. The molecule has 2 rings (SSSR count). The van der Waals surface area contributed by atoms with E-state index in [-0.39, 0.29) is 5.78 Å². The zero-order chi connectivity index (χ0) is 14.0. The summed E-state index contributed by atoms with van der Waals surface area (Å²) >= 11 is 8.24. The molecule has 0 aliphatic heterocycles. The Bertz CT molecular complexity index is 572. The Kier molecular flexibility index (Phi) is 4.97. The Morgan fingerprint density at radius 3 is 2.84 bits per heavy atom. The van der Waals surface area contributed by atoms with Crippen molar-refractivity contribution in [3.05, 3.63) is 37.2 Å². The number of carbonyl (C=O) groups excluding carboxylic acids is 1. The number of rotatable bonds is 5. The van der Waals surface area contributed by atoms with Crippen molar-refractivity contribution in [2.24, 2.45) is 0 Å². The van der Waals surface area contributed by atoms with Gasteiger partial charge in [-0.15, -0.1) is 11.3 Å². The molecular weight excluding hydrogens is 392 g/mol. The first kappa shape index (κ1) is 14.9. The van der Waals surface area contributed by atoms with Crippen LogP contribution in [0.15, 0.2) is 26.6 Å². The SMILES string of the molecule is CCC(C)n1ccc(CC(=O)c2cc(Br)c(Br)s2)n1. The van der Waals surface area contributed by atoms with Crippen molar-refractivity contribution < 1.29 is 4.79 Å². The average Bonchev–Trinajstić information content (AvgIpc) is 2.97. The largest absolute Gasteiger partial charge is 0.293 e. The predicted molar refractivity (Wildman–Crippen MR) is 85.0 cm³/mol. The first-order valence-electron chi connectivity index (χ1n) is 6.03. The van der Waals surface area contributed by atoms with Gasteiger partial charge in [0.25, 0.3) is 0 Å². The normalized spacial score (nSPS) is 12.6. The van der Waals surface area contributed by atoms with E-state index in [0.717, 1.165) is 25.3 Å². The average molecular weight is 406 g/mol. The summed E-state index contributed by atoms with van der Waals surface area (Å²) in [5.74, 6) is 0.103. The third-order valence-electron chi connectivity index (χ3n) is 2.97. The van der Waals surface area contributed by atoms with E-state index >= 15 is 0 Å². The van der Waals surface area contributed by atoms with Gasteiger partial charge in [0.2, 0.25) is 0 Å². The molecule has 0 saturated carbocycles. The number of halogens is 2. The van der Waals surface area contributed by atoms with E-state index < -0.39 is 0 Å². The van der Waals surface area contributed by atoms with Crippen LogP contribution in [0.25, 0.3) is 0 Å². The predicted octanol–water partition coefficient (Wildman–Crippen LogP) is 4.87. The van der Waals surface area contributed by atoms with E-state index in [0.29, 0.717) is 12.5 Å². The topological polar surface area (TPSA) is 34.9 Å². The molecule has 0 N–H and O–H groups in total. The molecule has 2 aromatic heterocycles. The summed E-state index contributed by atoms with van der Waals surface area (Å²) < 4.78 is 3.79. The standard InChI is InChI=1S/C13H14Br2N2OS/c1-3-8(2)17-5-4-9(16-17)6-11(18)12-7-10(14)13(15)19-12/h4-5,7-8H,3,6H2,1-2H3. The van der Waals surface area contributed by atoms with Crippen LogP contribution in [-0.4, -0.2) is 15.6 Å². The van der Waals surface area contributed by atoms with Crippen LogP contribution in [0.4, 0.5) is 0 Å². The van der Waals surface area contributed by atoms with Gasteiger partial charge in [-0.2, -0.15) is 5.10 Å². The molecule has 0 aliphatic carbocycles. The lowest BCUT2D eigenvalue weighted by Gasteiger charge is -2.07. The smallest absolute Gasteiger partial charge is 0.178 e. The first-order valence-corrected chi connectivity index (χ1v) is 8.43. The molecule has 0 aliphatic rings. The van der Waals surface area contributed by atoms with E-state index in [4.69, 9.17) is 0 Å². The van der Waals surface area contributed by atoms with Crippen LogP contribution in [0.2, 0.25) is 0 Å². The maximum Gasteiger partial charge on any atom is 0.178 e. The van der Waals surface area contributed by atoms with Crippen molar-refractivity contribution in [3.63, 3.8) is 0 Å². The molecule has 0 fully saturated rings. The summed E-state index contributed by atoms with van der Waals surface area (Å²) in [5.41, 5.74) is 0.825. The molecule has 3 nitrogen and oxygen atoms in total. The minimum atomic E-state index is 0.103. The highest BCUT2D eigenvalue weighted by atomic mass is 79.9. The zero-order valence-electron chi connectivity index (χ0n) is 10.7. The summed E-state index contributed by atoms with van der Waals surface area (Å²) in [5, 5.41) is 4.45. The minimum Gasteiger partial charge on any atom is -0.293 e. The summed E-state index contributed by atoms with van der Waals surface area (Å²) in [6.45, 7) is 4.24. The second-order valence-electron chi connectivity index (χ2n) is 4.38. The molecule has 1 atom stereocenters. The summed E-state index contributed by atoms with van der Waals surface area (Å²) in [4.78, 5) is 12.9. The number of ketones is 1. The van der Waals surface area contributed by atoms with Gasteiger partial charge < -0.3 is 0 Å². The molecule has 0 saturated heterocycles. The fourth-order valence-electron chi connectivity index (χ4n) is 1.64. The third-order valence-corrected chi connectivity index (χ3v) is 6.26. The number of Topliss-reactive ketones (excluding diaryl/α,β-unsaturated/α-hetero) is 1. The highest BCUT2D eigenvalue weighted by Gasteiger charge is 2.14. The Hall–Kier alpha value is -0.460. The molecule has 2 heterocycles. The number of aromatic nitrogens is 2. The van der Waals surface area contributed by atoms with E-state index in [2.05, 4.69) is 50.8 Å². The summed E-state index contributed by atoms with van der Waals surface area (Å²) in [6, 6.07) is 4.14. The van der Waals surface area contributed by atoms with Crippen molar-refractivity contribution in [1.29, 1.82) is 0 Å². The zero-order valence-corrected chi connectivity index (χ0v) is 14.7. The fourth-order valence-corrected chi connectivity index (χ4v) is 3.61. The quantitative estimate of drug-likeness (QED) is 0.665. The van der Waals surface area contributed by atoms with Crippen molar-refractivity contribution in [1.82, 2.24) is 9.78 Å². The van der Waals surface area contributed by atoms with Crippen LogP contribution >= 0.6 is 43.2 Å². The molecular formula is C13H14Br2N2OS. The third kappa shape index (κ3) is 3.55. The van der Waals surface area contributed by atoms with Gasteiger partial charge in [0.15, 0.2) is 5.78 Å². The van der Waals surface area contributed by atoms with E-state index in [1.165, 1.54) is 11.3 Å². The van der Waals surface area contributed by atoms with E-state index in [9.17, 15) is 4.79 Å². The minimum absolute atomic E-state index is 0.103. The maximum absolute atomic E-state index is 12.1. The van der Waals surface area contributed by atoms with Crippen molar-refractivity contribution >= 4 is 49.0 Å². The van der Waals surface area contributed by atoms with Crippen LogP contribution in [-0.2, 0) is 6.42 Å². The van der Waals surface area contributed by atoms with Crippen molar-refractivity contribution in [2.45, 2.75) is 32.7 Å². The van der Waals surface area contributed by atoms with Crippen LogP contribution < -0.4 is 0 Å². The highest BCUT2D eigenvalue weighted by Crippen LogP contribution is 2.32. The van der Waals surface area contributed by atoms with Crippen LogP contribution in [0.1, 0.15) is 41.7 Å². The number of carbonyl (C=O) groups is 1.